The predicted octanol–water partition coefficient (Wildman–Crippen LogP) is -0.403. The number of methoxy groups -OCH3 is 1. The second-order valence-electron chi connectivity index (χ2n) is 3.11. The third-order valence-corrected chi connectivity index (χ3v) is 1.83. The molecule has 0 atom stereocenters. The Morgan fingerprint density at radius 2 is 2.18 bits per heavy atom. The Hall–Kier alpha value is -2.22. The number of hydrogen-bond donors (Lipinski definition) is 2. The summed E-state index contributed by atoms with van der Waals surface area (Å²) < 4.78 is 5.23. The van der Waals surface area contributed by atoms with Gasteiger partial charge in [0.15, 0.2) is 5.78 Å². The SMILES string of the molecule is COC(=O)n1nc(C(=O)CN)cc1NC(C)=O. The summed E-state index contributed by atoms with van der Waals surface area (Å²) in [6, 6.07) is 1.26. The van der Waals surface area contributed by atoms with Crippen LogP contribution in [-0.2, 0) is 9.53 Å². The number of Topliss-reactive ketones (excluding diaryl/α,β-unsaturated/α-hetero) is 1. The number of rotatable bonds is 3. The molecular weight excluding hydrogens is 228 g/mol. The third kappa shape index (κ3) is 2.88. The fourth-order valence-electron chi connectivity index (χ4n) is 1.12. The summed E-state index contributed by atoms with van der Waals surface area (Å²) in [5, 5.41) is 6.06. The van der Waals surface area contributed by atoms with Crippen LogP contribution in [0.15, 0.2) is 6.07 Å². The highest BCUT2D eigenvalue weighted by atomic mass is 16.5. The quantitative estimate of drug-likeness (QED) is 0.694. The zero-order valence-corrected chi connectivity index (χ0v) is 9.39. The van der Waals surface area contributed by atoms with Crippen molar-refractivity contribution < 1.29 is 19.1 Å². The normalized spacial score (nSPS) is 9.82. The first kappa shape index (κ1) is 12.8. The summed E-state index contributed by atoms with van der Waals surface area (Å²) in [6.07, 6.45) is -0.815. The average Bonchev–Trinajstić information content (AvgIpc) is 2.70. The number of amides is 1. The number of carbonyl (C=O) groups excluding carboxylic acids is 3. The minimum absolute atomic E-state index is 0.0124. The Kier molecular flexibility index (Phi) is 3.94. The molecule has 0 saturated heterocycles. The summed E-state index contributed by atoms with van der Waals surface area (Å²) in [5.41, 5.74) is 5.16. The van der Waals surface area contributed by atoms with Gasteiger partial charge in [0.05, 0.1) is 13.7 Å². The van der Waals surface area contributed by atoms with E-state index in [1.54, 1.807) is 0 Å². The number of nitrogens with one attached hydrogen (secondary N) is 1. The van der Waals surface area contributed by atoms with Gasteiger partial charge in [0.1, 0.15) is 11.5 Å². The number of hydrogen-bond acceptors (Lipinski definition) is 6. The van der Waals surface area contributed by atoms with Gasteiger partial charge in [0, 0.05) is 13.0 Å². The van der Waals surface area contributed by atoms with Crippen LogP contribution >= 0.6 is 0 Å². The lowest BCUT2D eigenvalue weighted by Crippen LogP contribution is -2.19. The molecule has 0 spiro atoms. The molecular formula is C9H12N4O4. The fraction of sp³-hybridized carbons (Fsp3) is 0.333. The van der Waals surface area contributed by atoms with Crippen molar-refractivity contribution in [2.75, 3.05) is 19.0 Å². The van der Waals surface area contributed by atoms with Crippen molar-refractivity contribution in [2.45, 2.75) is 6.92 Å². The summed E-state index contributed by atoms with van der Waals surface area (Å²) in [4.78, 5) is 33.5. The maximum Gasteiger partial charge on any atom is 0.436 e. The van der Waals surface area contributed by atoms with E-state index >= 15 is 0 Å². The van der Waals surface area contributed by atoms with Crippen LogP contribution in [0.4, 0.5) is 10.6 Å². The first-order valence-electron chi connectivity index (χ1n) is 4.68. The van der Waals surface area contributed by atoms with E-state index in [1.165, 1.54) is 13.0 Å². The number of ketones is 1. The number of carbonyl (C=O) groups is 3. The van der Waals surface area contributed by atoms with E-state index in [1.807, 2.05) is 0 Å². The lowest BCUT2D eigenvalue weighted by molar-refractivity contribution is -0.114. The zero-order valence-electron chi connectivity index (χ0n) is 9.39. The lowest BCUT2D eigenvalue weighted by atomic mass is 10.3. The van der Waals surface area contributed by atoms with Gasteiger partial charge in [0.25, 0.3) is 0 Å². The maximum atomic E-state index is 11.3. The highest BCUT2D eigenvalue weighted by Gasteiger charge is 2.18. The Morgan fingerprint density at radius 3 is 2.65 bits per heavy atom. The number of anilines is 1. The van der Waals surface area contributed by atoms with Crippen molar-refractivity contribution in [1.29, 1.82) is 0 Å². The number of nitrogens with two attached hydrogens (primary N) is 1. The van der Waals surface area contributed by atoms with Crippen molar-refractivity contribution in [1.82, 2.24) is 9.78 Å². The van der Waals surface area contributed by atoms with Crippen molar-refractivity contribution in [2.24, 2.45) is 5.73 Å². The molecule has 17 heavy (non-hydrogen) atoms. The summed E-state index contributed by atoms with van der Waals surface area (Å²) in [5.74, 6) is -0.790. The number of aromatic nitrogens is 2. The van der Waals surface area contributed by atoms with E-state index in [2.05, 4.69) is 15.2 Å². The van der Waals surface area contributed by atoms with Gasteiger partial charge in [-0.15, -0.1) is 4.68 Å². The molecule has 3 N–H and O–H groups in total. The van der Waals surface area contributed by atoms with Gasteiger partial charge in [-0.25, -0.2) is 4.79 Å². The van der Waals surface area contributed by atoms with Gasteiger partial charge < -0.3 is 15.8 Å². The van der Waals surface area contributed by atoms with Crippen LogP contribution in [0.25, 0.3) is 0 Å². The molecule has 0 bridgehead atoms. The van der Waals surface area contributed by atoms with E-state index < -0.39 is 17.8 Å². The molecule has 1 amide bonds. The molecule has 0 aromatic carbocycles. The molecule has 8 nitrogen and oxygen atoms in total. The Bertz CT molecular complexity index is 466. The average molecular weight is 240 g/mol. The number of nitrogens with zero attached hydrogens (tertiary/aromatic N) is 2. The Morgan fingerprint density at radius 1 is 1.53 bits per heavy atom. The van der Waals surface area contributed by atoms with E-state index in [-0.39, 0.29) is 18.1 Å². The Balaban J connectivity index is 3.16. The second kappa shape index (κ2) is 5.21. The van der Waals surface area contributed by atoms with Gasteiger partial charge >= 0.3 is 6.09 Å². The molecule has 1 heterocycles. The lowest BCUT2D eigenvalue weighted by Gasteiger charge is -2.03. The molecule has 0 aliphatic rings. The highest BCUT2D eigenvalue weighted by molar-refractivity contribution is 5.98. The molecule has 0 fully saturated rings. The molecule has 0 unspecified atom stereocenters. The van der Waals surface area contributed by atoms with E-state index in [0.717, 1.165) is 11.8 Å². The van der Waals surface area contributed by atoms with Crippen molar-refractivity contribution >= 4 is 23.6 Å². The van der Waals surface area contributed by atoms with Gasteiger partial charge in [0.2, 0.25) is 5.91 Å². The van der Waals surface area contributed by atoms with Crippen LogP contribution in [0.1, 0.15) is 17.4 Å². The Labute approximate surface area is 96.7 Å². The minimum Gasteiger partial charge on any atom is -0.451 e. The monoisotopic (exact) mass is 240 g/mol. The molecule has 8 heteroatoms. The van der Waals surface area contributed by atoms with Gasteiger partial charge in [-0.1, -0.05) is 0 Å². The number of ether oxygens (including phenoxy) is 1. The van der Waals surface area contributed by atoms with Crippen LogP contribution in [0.5, 0.6) is 0 Å². The molecule has 1 rings (SSSR count). The summed E-state index contributed by atoms with van der Waals surface area (Å²) >= 11 is 0. The van der Waals surface area contributed by atoms with Gasteiger partial charge in [-0.2, -0.15) is 5.10 Å². The van der Waals surface area contributed by atoms with Crippen LogP contribution < -0.4 is 11.1 Å². The van der Waals surface area contributed by atoms with Gasteiger partial charge in [-0.3, -0.25) is 9.59 Å². The van der Waals surface area contributed by atoms with E-state index in [4.69, 9.17) is 5.73 Å². The van der Waals surface area contributed by atoms with E-state index in [0.29, 0.717) is 0 Å². The maximum absolute atomic E-state index is 11.3. The molecule has 0 aliphatic carbocycles. The molecule has 1 aromatic rings. The standard InChI is InChI=1S/C9H12N4O4/c1-5(14)11-8-3-6(7(15)4-10)12-13(8)9(16)17-2/h3H,4,10H2,1-2H3,(H,11,14). The highest BCUT2D eigenvalue weighted by Crippen LogP contribution is 2.11. The summed E-state index contributed by atoms with van der Waals surface area (Å²) in [7, 11) is 1.16. The molecule has 0 saturated carbocycles. The fourth-order valence-corrected chi connectivity index (χ4v) is 1.12. The topological polar surface area (TPSA) is 116 Å². The zero-order chi connectivity index (χ0) is 13.0. The second-order valence-corrected chi connectivity index (χ2v) is 3.11. The first-order chi connectivity index (χ1) is 7.99. The van der Waals surface area contributed by atoms with Crippen molar-refractivity contribution in [3.8, 4) is 0 Å². The van der Waals surface area contributed by atoms with Crippen molar-refractivity contribution in [3.05, 3.63) is 11.8 Å². The van der Waals surface area contributed by atoms with Gasteiger partial charge in [-0.05, 0) is 0 Å². The minimum atomic E-state index is -0.815. The smallest absolute Gasteiger partial charge is 0.436 e. The summed E-state index contributed by atoms with van der Waals surface area (Å²) in [6.45, 7) is 1.02. The third-order valence-electron chi connectivity index (χ3n) is 1.83. The molecule has 92 valence electrons. The predicted molar refractivity (Wildman–Crippen MR) is 57.7 cm³/mol. The largest absolute Gasteiger partial charge is 0.451 e. The van der Waals surface area contributed by atoms with E-state index in [9.17, 15) is 14.4 Å². The molecule has 0 aliphatic heterocycles. The first-order valence-corrected chi connectivity index (χ1v) is 4.68. The van der Waals surface area contributed by atoms with Crippen LogP contribution in [0.2, 0.25) is 0 Å². The van der Waals surface area contributed by atoms with Crippen LogP contribution in [-0.4, -0.2) is 41.2 Å². The van der Waals surface area contributed by atoms with Crippen molar-refractivity contribution in [3.63, 3.8) is 0 Å². The van der Waals surface area contributed by atoms with Crippen LogP contribution in [0, 0.1) is 0 Å². The van der Waals surface area contributed by atoms with Crippen LogP contribution in [0.3, 0.4) is 0 Å². The molecule has 0 radical (unpaired) electrons. The molecule has 1 aromatic heterocycles.